The van der Waals surface area contributed by atoms with Crippen molar-refractivity contribution < 1.29 is 71.1 Å². The summed E-state index contributed by atoms with van der Waals surface area (Å²) in [5, 5.41) is 2.78. The van der Waals surface area contributed by atoms with Crippen LogP contribution in [0.2, 0.25) is 0 Å². The van der Waals surface area contributed by atoms with E-state index >= 15 is 0 Å². The first-order chi connectivity index (χ1) is 33.5. The Balaban J connectivity index is 2.35. The number of alkyl carbamates (subject to hydrolysis) is 1. The lowest BCUT2D eigenvalue weighted by Gasteiger charge is -2.20. The van der Waals surface area contributed by atoms with E-state index in [1.54, 1.807) is 0 Å². The van der Waals surface area contributed by atoms with E-state index < -0.39 is 63.0 Å². The standard InChI is InChI=1S/C51H93N2O15P/c1-3-5-7-9-11-13-15-17-19-21-23-25-27-29-31-33-48(56)64-43-45(67-49(57)34-32-30-28-26-24-22-20-18-16-14-12-10-8-6-4-2)44-66-69(60,61)65-40-38-52-51(59)63-42-41-62-39-37-50(58)68-53-46(54)35-36-47(53)55/h45H,3-44H2,1-2H3,(H,52,59)(H,60,61)/t45-/m1/s1. The van der Waals surface area contributed by atoms with Crippen molar-refractivity contribution in [1.29, 1.82) is 0 Å². The highest BCUT2D eigenvalue weighted by Crippen LogP contribution is 2.43. The summed E-state index contributed by atoms with van der Waals surface area (Å²) in [5.41, 5.74) is 0. The number of phosphoric acid groups is 1. The van der Waals surface area contributed by atoms with Crippen LogP contribution in [0.4, 0.5) is 4.79 Å². The molecule has 1 heterocycles. The minimum atomic E-state index is -4.68. The molecule has 1 unspecified atom stereocenters. The third-order valence-corrected chi connectivity index (χ3v) is 12.8. The van der Waals surface area contributed by atoms with Gasteiger partial charge in [0, 0.05) is 32.2 Å². The van der Waals surface area contributed by atoms with Gasteiger partial charge in [-0.1, -0.05) is 194 Å². The number of imide groups is 1. The number of ether oxygens (including phenoxy) is 4. The average Bonchev–Trinajstić information content (AvgIpc) is 3.64. The number of unbranched alkanes of at least 4 members (excludes halogenated alkanes) is 28. The van der Waals surface area contributed by atoms with Crippen molar-refractivity contribution in [2.24, 2.45) is 0 Å². The zero-order chi connectivity index (χ0) is 50.5. The third kappa shape index (κ3) is 40.2. The van der Waals surface area contributed by atoms with Crippen LogP contribution in [0.1, 0.15) is 239 Å². The molecule has 1 aliphatic heterocycles. The number of rotatable bonds is 49. The van der Waals surface area contributed by atoms with Gasteiger partial charge in [-0.05, 0) is 12.8 Å². The van der Waals surface area contributed by atoms with Gasteiger partial charge in [-0.15, -0.1) is 5.06 Å². The SMILES string of the molecule is CCCCCCCCCCCCCCCCCC(=O)OC[C@H](COP(=O)(O)OCCNC(=O)OCCOCCC(=O)ON1C(=O)CCC1=O)OC(=O)CCCCCCCCCCCCCCCCC. The molecule has 0 aromatic carbocycles. The molecule has 2 atom stereocenters. The van der Waals surface area contributed by atoms with Gasteiger partial charge in [0.05, 0.1) is 32.8 Å². The largest absolute Gasteiger partial charge is 0.472 e. The highest BCUT2D eigenvalue weighted by molar-refractivity contribution is 7.47. The van der Waals surface area contributed by atoms with Crippen LogP contribution in [-0.4, -0.2) is 98.1 Å². The van der Waals surface area contributed by atoms with Crippen LogP contribution < -0.4 is 5.32 Å². The van der Waals surface area contributed by atoms with Gasteiger partial charge in [0.2, 0.25) is 0 Å². The smallest absolute Gasteiger partial charge is 0.462 e. The van der Waals surface area contributed by atoms with E-state index in [9.17, 15) is 38.2 Å². The second-order valence-corrected chi connectivity index (χ2v) is 19.7. The molecule has 17 nitrogen and oxygen atoms in total. The first kappa shape index (κ1) is 63.9. The van der Waals surface area contributed by atoms with Crippen molar-refractivity contribution in [2.75, 3.05) is 46.2 Å². The minimum absolute atomic E-state index is 0.0144. The van der Waals surface area contributed by atoms with E-state index in [4.69, 9.17) is 32.8 Å². The number of carbonyl (C=O) groups is 6. The van der Waals surface area contributed by atoms with Crippen molar-refractivity contribution in [3.63, 3.8) is 0 Å². The lowest BCUT2D eigenvalue weighted by Crippen LogP contribution is -2.32. The molecule has 0 aromatic heterocycles. The molecular formula is C51H93N2O15P. The number of esters is 2. The molecule has 1 aliphatic rings. The Hall–Kier alpha value is -3.11. The predicted octanol–water partition coefficient (Wildman–Crippen LogP) is 11.8. The van der Waals surface area contributed by atoms with Gasteiger partial charge in [-0.3, -0.25) is 28.2 Å². The summed E-state index contributed by atoms with van der Waals surface area (Å²) in [4.78, 5) is 87.3. The van der Waals surface area contributed by atoms with Crippen LogP contribution in [0.15, 0.2) is 0 Å². The summed E-state index contributed by atoms with van der Waals surface area (Å²) in [6, 6.07) is 0. The van der Waals surface area contributed by atoms with Crippen LogP contribution in [0.25, 0.3) is 0 Å². The highest BCUT2D eigenvalue weighted by atomic mass is 31.2. The van der Waals surface area contributed by atoms with E-state index in [2.05, 4.69) is 19.2 Å². The molecule has 18 heteroatoms. The average molecular weight is 1010 g/mol. The van der Waals surface area contributed by atoms with E-state index in [0.29, 0.717) is 17.9 Å². The molecular weight excluding hydrogens is 912 g/mol. The van der Waals surface area contributed by atoms with Gasteiger partial charge in [0.1, 0.15) is 13.2 Å². The van der Waals surface area contributed by atoms with Gasteiger partial charge in [-0.25, -0.2) is 14.2 Å². The van der Waals surface area contributed by atoms with Gasteiger partial charge in [0.25, 0.3) is 11.8 Å². The molecule has 1 saturated heterocycles. The van der Waals surface area contributed by atoms with Crippen molar-refractivity contribution in [3.8, 4) is 0 Å². The summed E-state index contributed by atoms with van der Waals surface area (Å²) in [7, 11) is -4.68. The maximum Gasteiger partial charge on any atom is 0.472 e. The number of carbonyl (C=O) groups excluding carboxylic acids is 6. The second kappa shape index (κ2) is 44.8. The molecule has 0 aliphatic carbocycles. The predicted molar refractivity (Wildman–Crippen MR) is 264 cm³/mol. The summed E-state index contributed by atoms with van der Waals surface area (Å²) in [6.45, 7) is 2.57. The molecule has 1 rings (SSSR count). The minimum Gasteiger partial charge on any atom is -0.462 e. The molecule has 69 heavy (non-hydrogen) atoms. The number of hydrogen-bond acceptors (Lipinski definition) is 14. The topological polar surface area (TPSA) is 220 Å². The number of phosphoric ester groups is 1. The summed E-state index contributed by atoms with van der Waals surface area (Å²) < 4.78 is 43.8. The van der Waals surface area contributed by atoms with E-state index in [1.807, 2.05) is 0 Å². The quantitative estimate of drug-likeness (QED) is 0.0190. The third-order valence-electron chi connectivity index (χ3n) is 11.9. The summed E-state index contributed by atoms with van der Waals surface area (Å²) in [5.74, 6) is -2.97. The molecule has 0 spiro atoms. The van der Waals surface area contributed by atoms with Crippen LogP contribution in [0, 0.1) is 0 Å². The fraction of sp³-hybridized carbons (Fsp3) is 0.882. The molecule has 0 saturated carbocycles. The van der Waals surface area contributed by atoms with E-state index in [0.717, 1.165) is 38.5 Å². The van der Waals surface area contributed by atoms with Crippen molar-refractivity contribution >= 4 is 43.6 Å². The molecule has 1 fully saturated rings. The molecule has 2 N–H and O–H groups in total. The Morgan fingerprint density at radius 2 is 0.957 bits per heavy atom. The van der Waals surface area contributed by atoms with Crippen molar-refractivity contribution in [2.45, 2.75) is 245 Å². The van der Waals surface area contributed by atoms with Crippen molar-refractivity contribution in [1.82, 2.24) is 10.4 Å². The number of hydroxylamine groups is 2. The molecule has 402 valence electrons. The molecule has 3 amide bonds. The number of amides is 3. The second-order valence-electron chi connectivity index (χ2n) is 18.3. The summed E-state index contributed by atoms with van der Waals surface area (Å²) in [6.07, 6.45) is 34.3. The van der Waals surface area contributed by atoms with Crippen LogP contribution in [0.3, 0.4) is 0 Å². The first-order valence-corrected chi connectivity index (χ1v) is 28.5. The maximum atomic E-state index is 12.8. The molecule has 0 aromatic rings. The number of nitrogens with one attached hydrogen (secondary N) is 1. The number of nitrogens with zero attached hydrogens (tertiary/aromatic N) is 1. The lowest BCUT2D eigenvalue weighted by atomic mass is 10.0. The zero-order valence-electron chi connectivity index (χ0n) is 42.8. The van der Waals surface area contributed by atoms with Crippen LogP contribution >= 0.6 is 7.82 Å². The van der Waals surface area contributed by atoms with Crippen LogP contribution in [-0.2, 0) is 61.4 Å². The summed E-state index contributed by atoms with van der Waals surface area (Å²) >= 11 is 0. The Morgan fingerprint density at radius 1 is 0.522 bits per heavy atom. The van der Waals surface area contributed by atoms with E-state index in [-0.39, 0.29) is 65.1 Å². The van der Waals surface area contributed by atoms with E-state index in [1.165, 1.54) is 141 Å². The Bertz CT molecular complexity index is 1390. The van der Waals surface area contributed by atoms with Gasteiger partial charge in [-0.2, -0.15) is 0 Å². The van der Waals surface area contributed by atoms with Gasteiger partial charge < -0.3 is 34.0 Å². The zero-order valence-corrected chi connectivity index (χ0v) is 43.7. The highest BCUT2D eigenvalue weighted by Gasteiger charge is 2.32. The molecule has 0 radical (unpaired) electrons. The fourth-order valence-corrected chi connectivity index (χ4v) is 8.49. The normalized spacial score (nSPS) is 13.9. The Morgan fingerprint density at radius 3 is 1.42 bits per heavy atom. The van der Waals surface area contributed by atoms with Gasteiger partial charge >= 0.3 is 31.8 Å². The Kier molecular flexibility index (Phi) is 41.5. The lowest BCUT2D eigenvalue weighted by molar-refractivity contribution is -0.198. The van der Waals surface area contributed by atoms with Gasteiger partial charge in [0.15, 0.2) is 6.10 Å². The number of hydrogen-bond donors (Lipinski definition) is 2. The van der Waals surface area contributed by atoms with Crippen molar-refractivity contribution in [3.05, 3.63) is 0 Å². The van der Waals surface area contributed by atoms with Crippen LogP contribution in [0.5, 0.6) is 0 Å². The fourth-order valence-electron chi connectivity index (χ4n) is 7.74. The Labute approximate surface area is 414 Å². The molecule has 0 bridgehead atoms. The first-order valence-electron chi connectivity index (χ1n) is 27.0. The maximum absolute atomic E-state index is 12.8. The monoisotopic (exact) mass is 1000 g/mol.